The molecule has 2 saturated heterocycles. The zero-order valence-electron chi connectivity index (χ0n) is 37.2. The topological polar surface area (TPSA) is 179 Å². The summed E-state index contributed by atoms with van der Waals surface area (Å²) in [5, 5.41) is 5.16. The minimum atomic E-state index is -1.66. The molecule has 0 spiro atoms. The van der Waals surface area contributed by atoms with Gasteiger partial charge in [-0.25, -0.2) is 14.4 Å². The summed E-state index contributed by atoms with van der Waals surface area (Å²) < 4.78 is 30.6. The Balaban J connectivity index is 1.40. The van der Waals surface area contributed by atoms with Gasteiger partial charge in [0.15, 0.2) is 0 Å². The van der Waals surface area contributed by atoms with Crippen molar-refractivity contribution in [2.24, 2.45) is 17.3 Å². The molecule has 1 unspecified atom stereocenters. The standard InChI is InChI=1S/C44H57BCl2N4O11/c1-12-50-18-19-51(37(54)36(50)53)40(57)49-33(25-16-17-26(32(47)31(25)46)38(55)59-41(2,3)4)35(52)48-30(45-61-29-22-24-21-28(43(24,8)9)44(29,10)62-45)20-23-14-13-15-27(34(23)58-11)39(56)60-42(5,6)7/h13-17,24,28-30,33H,12,18-22H2,1-11H3,(H,48,52)(H,49,57)/t24-,28-,29+,30-,33?,44-/m0/s1. The number of likely N-dealkylation sites (N-methyl/N-ethyl adjacent to an activating group) is 1. The molecule has 5 amide bonds. The number of halogens is 2. The third-order valence-electron chi connectivity index (χ3n) is 12.5. The van der Waals surface area contributed by atoms with Gasteiger partial charge in [0.25, 0.3) is 0 Å². The van der Waals surface area contributed by atoms with Gasteiger partial charge < -0.3 is 39.1 Å². The Labute approximate surface area is 373 Å². The molecule has 18 heteroatoms. The normalized spacial score (nSPS) is 24.1. The second-order valence-corrected chi connectivity index (χ2v) is 20.0. The summed E-state index contributed by atoms with van der Waals surface area (Å²) in [7, 11) is 0.406. The molecule has 5 fully saturated rings. The van der Waals surface area contributed by atoms with Gasteiger partial charge in [-0.3, -0.25) is 19.3 Å². The van der Waals surface area contributed by atoms with Crippen LogP contribution in [0.2, 0.25) is 10.0 Å². The second-order valence-electron chi connectivity index (χ2n) is 19.2. The first-order valence-electron chi connectivity index (χ1n) is 21.0. The van der Waals surface area contributed by atoms with Crippen molar-refractivity contribution in [3.8, 4) is 5.75 Å². The van der Waals surface area contributed by atoms with E-state index in [1.54, 1.807) is 66.7 Å². The van der Waals surface area contributed by atoms with Crippen molar-refractivity contribution < 1.29 is 52.3 Å². The number of imide groups is 1. The Kier molecular flexibility index (Phi) is 13.1. The number of methoxy groups -OCH3 is 1. The van der Waals surface area contributed by atoms with E-state index in [0.29, 0.717) is 11.5 Å². The first-order chi connectivity index (χ1) is 28.8. The van der Waals surface area contributed by atoms with E-state index in [-0.39, 0.29) is 76.0 Å². The number of nitrogens with zero attached hydrogens (tertiary/aromatic N) is 2. The van der Waals surface area contributed by atoms with Gasteiger partial charge in [0.05, 0.1) is 40.4 Å². The fourth-order valence-corrected chi connectivity index (χ4v) is 9.73. The molecule has 15 nitrogen and oxygen atoms in total. The SMILES string of the molecule is CCN1CCN(C(=O)NC(C(=O)N[C@@H](Cc2cccc(C(=O)OC(C)(C)C)c2OC)B2O[C@@H]3C[C@@H]4C[C@@H](C4(C)C)[C@]3(C)O2)c2ccc(C(=O)OC(C)(C)C)c(Cl)c2Cl)C(=O)C1=O. The molecule has 0 radical (unpaired) electrons. The molecule has 2 aromatic rings. The number of urea groups is 1. The van der Waals surface area contributed by atoms with E-state index < -0.39 is 71.6 Å². The molecule has 2 bridgehead atoms. The van der Waals surface area contributed by atoms with E-state index in [2.05, 4.69) is 24.5 Å². The number of piperazine rings is 1. The van der Waals surface area contributed by atoms with Crippen molar-refractivity contribution in [3.63, 3.8) is 0 Å². The van der Waals surface area contributed by atoms with Gasteiger partial charge in [0, 0.05) is 25.2 Å². The zero-order valence-corrected chi connectivity index (χ0v) is 38.7. The Morgan fingerprint density at radius 2 is 1.53 bits per heavy atom. The number of hydrogen-bond acceptors (Lipinski definition) is 11. The summed E-state index contributed by atoms with van der Waals surface area (Å²) in [5.41, 5.74) is -1.78. The maximum atomic E-state index is 15.0. The number of hydrogen-bond donors (Lipinski definition) is 2. The minimum Gasteiger partial charge on any atom is -0.496 e. The predicted octanol–water partition coefficient (Wildman–Crippen LogP) is 6.35. The minimum absolute atomic E-state index is 0.00546. The summed E-state index contributed by atoms with van der Waals surface area (Å²) in [6, 6.07) is 5.00. The molecule has 62 heavy (non-hydrogen) atoms. The molecule has 2 N–H and O–H groups in total. The van der Waals surface area contributed by atoms with Crippen LogP contribution in [-0.4, -0.2) is 108 Å². The average Bonchev–Trinajstić information content (AvgIpc) is 3.54. The van der Waals surface area contributed by atoms with Crippen molar-refractivity contribution in [2.75, 3.05) is 26.7 Å². The van der Waals surface area contributed by atoms with Crippen LogP contribution in [0.4, 0.5) is 4.79 Å². The molecule has 6 atom stereocenters. The lowest BCUT2D eigenvalue weighted by Crippen LogP contribution is -2.65. The molecule has 7 rings (SSSR count). The van der Waals surface area contributed by atoms with Gasteiger partial charge in [-0.15, -0.1) is 0 Å². The van der Waals surface area contributed by atoms with Crippen molar-refractivity contribution in [2.45, 2.75) is 123 Å². The van der Waals surface area contributed by atoms with Crippen LogP contribution in [0, 0.1) is 17.3 Å². The van der Waals surface area contributed by atoms with Crippen molar-refractivity contribution in [3.05, 3.63) is 62.6 Å². The Morgan fingerprint density at radius 1 is 0.887 bits per heavy atom. The largest absolute Gasteiger partial charge is 0.496 e. The summed E-state index contributed by atoms with van der Waals surface area (Å²) >= 11 is 13.6. The van der Waals surface area contributed by atoms with Crippen molar-refractivity contribution in [1.82, 2.24) is 20.4 Å². The maximum absolute atomic E-state index is 15.0. The number of esters is 2. The van der Waals surface area contributed by atoms with Crippen molar-refractivity contribution in [1.29, 1.82) is 0 Å². The highest BCUT2D eigenvalue weighted by Gasteiger charge is 2.68. The highest BCUT2D eigenvalue weighted by atomic mass is 35.5. The van der Waals surface area contributed by atoms with E-state index >= 15 is 0 Å². The highest BCUT2D eigenvalue weighted by Crippen LogP contribution is 2.65. The Bertz CT molecular complexity index is 2160. The van der Waals surface area contributed by atoms with Crippen LogP contribution in [0.5, 0.6) is 5.75 Å². The zero-order chi connectivity index (χ0) is 45.9. The lowest BCUT2D eigenvalue weighted by molar-refractivity contribution is -0.199. The lowest BCUT2D eigenvalue weighted by Gasteiger charge is -2.64. The maximum Gasteiger partial charge on any atom is 0.482 e. The van der Waals surface area contributed by atoms with Crippen LogP contribution in [0.3, 0.4) is 0 Å². The van der Waals surface area contributed by atoms with E-state index in [4.69, 9.17) is 46.7 Å². The quantitative estimate of drug-likeness (QED) is 0.146. The number of benzene rings is 2. The van der Waals surface area contributed by atoms with Crippen LogP contribution in [0.15, 0.2) is 30.3 Å². The van der Waals surface area contributed by atoms with Gasteiger partial charge >= 0.3 is 36.9 Å². The van der Waals surface area contributed by atoms with E-state index in [0.717, 1.165) is 17.7 Å². The van der Waals surface area contributed by atoms with E-state index in [9.17, 15) is 28.8 Å². The van der Waals surface area contributed by atoms with E-state index in [1.807, 2.05) is 6.92 Å². The fourth-order valence-electron chi connectivity index (χ4n) is 9.20. The first-order valence-corrected chi connectivity index (χ1v) is 21.7. The second kappa shape index (κ2) is 17.3. The fraction of sp³-hybridized carbons (Fsp3) is 0.591. The summed E-state index contributed by atoms with van der Waals surface area (Å²) in [5.74, 6) is -4.31. The number of carbonyl (C=O) groups excluding carboxylic acids is 6. The predicted molar refractivity (Wildman–Crippen MR) is 231 cm³/mol. The first kappa shape index (κ1) is 47.1. The number of nitrogens with one attached hydrogen (secondary N) is 2. The monoisotopic (exact) mass is 898 g/mol. The molecule has 336 valence electrons. The van der Waals surface area contributed by atoms with Gasteiger partial charge in [-0.05, 0) is 110 Å². The third-order valence-corrected chi connectivity index (χ3v) is 13.4. The summed E-state index contributed by atoms with van der Waals surface area (Å²) in [4.78, 5) is 83.6. The molecule has 3 aliphatic carbocycles. The van der Waals surface area contributed by atoms with Crippen LogP contribution in [-0.2, 0) is 39.6 Å². The molecular weight excluding hydrogens is 842 g/mol. The molecule has 2 aliphatic heterocycles. The van der Waals surface area contributed by atoms with Gasteiger partial charge in [0.2, 0.25) is 5.91 Å². The number of ether oxygens (including phenoxy) is 3. The lowest BCUT2D eigenvalue weighted by atomic mass is 9.43. The molecule has 0 aromatic heterocycles. The Hall–Kier alpha value is -4.38. The number of rotatable bonds is 11. The summed E-state index contributed by atoms with van der Waals surface area (Å²) in [6.45, 7) is 18.8. The molecule has 2 aromatic carbocycles. The van der Waals surface area contributed by atoms with Crippen LogP contribution in [0.25, 0.3) is 0 Å². The van der Waals surface area contributed by atoms with Gasteiger partial charge in [0.1, 0.15) is 28.6 Å². The average molecular weight is 900 g/mol. The van der Waals surface area contributed by atoms with Gasteiger partial charge in [-0.1, -0.05) is 55.2 Å². The number of para-hydroxylation sites is 1. The smallest absolute Gasteiger partial charge is 0.482 e. The van der Waals surface area contributed by atoms with Gasteiger partial charge in [-0.2, -0.15) is 0 Å². The van der Waals surface area contributed by atoms with Crippen LogP contribution >= 0.6 is 23.2 Å². The molecule has 3 saturated carbocycles. The van der Waals surface area contributed by atoms with Crippen molar-refractivity contribution >= 4 is 66.0 Å². The molecular formula is C44H57BCl2N4O11. The van der Waals surface area contributed by atoms with Crippen LogP contribution in [0.1, 0.15) is 120 Å². The summed E-state index contributed by atoms with van der Waals surface area (Å²) in [6.07, 6.45) is 1.45. The number of carbonyl (C=O) groups is 6. The van der Waals surface area contributed by atoms with Crippen LogP contribution < -0.4 is 15.4 Å². The molecule has 2 heterocycles. The third kappa shape index (κ3) is 9.16. The number of amides is 5. The highest BCUT2D eigenvalue weighted by molar-refractivity contribution is 6.48. The Morgan fingerprint density at radius 3 is 2.13 bits per heavy atom. The van der Waals surface area contributed by atoms with E-state index in [1.165, 1.54) is 24.1 Å². The molecule has 5 aliphatic rings.